The molecular formula is C16H23N3O. The predicted octanol–water partition coefficient (Wildman–Crippen LogP) is 2.83. The third-order valence-electron chi connectivity index (χ3n) is 4.99. The lowest BCUT2D eigenvalue weighted by Gasteiger charge is -2.47. The van der Waals surface area contributed by atoms with Gasteiger partial charge in [-0.1, -0.05) is 19.8 Å². The first-order chi connectivity index (χ1) is 9.66. The van der Waals surface area contributed by atoms with Gasteiger partial charge in [0.25, 0.3) is 5.91 Å². The lowest BCUT2D eigenvalue weighted by atomic mass is 9.72. The molecule has 2 aliphatic rings. The molecule has 1 saturated carbocycles. The highest BCUT2D eigenvalue weighted by atomic mass is 16.2. The van der Waals surface area contributed by atoms with Crippen molar-refractivity contribution in [2.24, 2.45) is 11.8 Å². The summed E-state index contributed by atoms with van der Waals surface area (Å²) in [7, 11) is 0. The molecule has 1 amide bonds. The van der Waals surface area contributed by atoms with E-state index in [4.69, 9.17) is 0 Å². The molecule has 0 bridgehead atoms. The summed E-state index contributed by atoms with van der Waals surface area (Å²) < 4.78 is 0. The Kier molecular flexibility index (Phi) is 3.72. The minimum absolute atomic E-state index is 0.0966. The van der Waals surface area contributed by atoms with Gasteiger partial charge >= 0.3 is 0 Å². The van der Waals surface area contributed by atoms with Crippen LogP contribution in [-0.2, 0) is 0 Å². The molecule has 3 atom stereocenters. The van der Waals surface area contributed by atoms with E-state index in [1.807, 2.05) is 6.92 Å². The maximum Gasteiger partial charge on any atom is 0.272 e. The molecule has 1 saturated heterocycles. The molecule has 1 aliphatic carbocycles. The van der Waals surface area contributed by atoms with E-state index in [2.05, 4.69) is 21.8 Å². The molecular weight excluding hydrogens is 250 g/mol. The van der Waals surface area contributed by atoms with Gasteiger partial charge in [0, 0.05) is 18.8 Å². The van der Waals surface area contributed by atoms with Crippen LogP contribution in [-0.4, -0.2) is 33.4 Å². The zero-order chi connectivity index (χ0) is 14.1. The van der Waals surface area contributed by atoms with E-state index in [-0.39, 0.29) is 5.91 Å². The number of nitrogens with zero attached hydrogens (tertiary/aromatic N) is 3. The fourth-order valence-electron chi connectivity index (χ4n) is 3.89. The molecule has 1 aromatic rings. The molecule has 0 unspecified atom stereocenters. The average molecular weight is 273 g/mol. The number of amides is 1. The second-order valence-corrected chi connectivity index (χ2v) is 6.27. The fourth-order valence-corrected chi connectivity index (χ4v) is 3.89. The zero-order valence-corrected chi connectivity index (χ0v) is 12.4. The van der Waals surface area contributed by atoms with Crippen LogP contribution in [0.2, 0.25) is 0 Å². The van der Waals surface area contributed by atoms with Crippen LogP contribution in [0.4, 0.5) is 0 Å². The van der Waals surface area contributed by atoms with E-state index in [0.717, 1.165) is 25.3 Å². The van der Waals surface area contributed by atoms with Crippen LogP contribution in [0.5, 0.6) is 0 Å². The maximum atomic E-state index is 12.7. The van der Waals surface area contributed by atoms with E-state index < -0.39 is 0 Å². The summed E-state index contributed by atoms with van der Waals surface area (Å²) >= 11 is 0. The second kappa shape index (κ2) is 5.51. The molecule has 20 heavy (non-hydrogen) atoms. The number of piperidine rings is 1. The van der Waals surface area contributed by atoms with E-state index in [9.17, 15) is 4.79 Å². The Morgan fingerprint density at radius 2 is 2.10 bits per heavy atom. The van der Waals surface area contributed by atoms with E-state index in [1.165, 1.54) is 19.3 Å². The fraction of sp³-hybridized carbons (Fsp3) is 0.688. The molecule has 2 heterocycles. The largest absolute Gasteiger partial charge is 0.334 e. The number of carbonyl (C=O) groups is 1. The second-order valence-electron chi connectivity index (χ2n) is 6.27. The van der Waals surface area contributed by atoms with Crippen LogP contribution < -0.4 is 0 Å². The first-order valence-electron chi connectivity index (χ1n) is 7.77. The molecule has 4 heteroatoms. The van der Waals surface area contributed by atoms with Crippen LogP contribution in [0.15, 0.2) is 12.3 Å². The van der Waals surface area contributed by atoms with Crippen LogP contribution >= 0.6 is 0 Å². The van der Waals surface area contributed by atoms with Gasteiger partial charge in [-0.3, -0.25) is 4.79 Å². The Morgan fingerprint density at radius 1 is 1.30 bits per heavy atom. The minimum Gasteiger partial charge on any atom is -0.334 e. The SMILES string of the molecule is Cc1nccc(C(=O)N2CC[C@H](C)[C@H]3CCCC[C@H]32)n1. The standard InChI is InChI=1S/C16H23N3O/c1-11-8-10-19(15-6-4-3-5-13(11)15)16(20)14-7-9-17-12(2)18-14/h7,9,11,13,15H,3-6,8,10H2,1-2H3/t11-,13+,15+/m0/s1. The number of hydrogen-bond acceptors (Lipinski definition) is 3. The highest BCUT2D eigenvalue weighted by Crippen LogP contribution is 2.39. The monoisotopic (exact) mass is 273 g/mol. The van der Waals surface area contributed by atoms with Crippen LogP contribution in [0.3, 0.4) is 0 Å². The molecule has 3 rings (SSSR count). The summed E-state index contributed by atoms with van der Waals surface area (Å²) in [5.74, 6) is 2.20. The summed E-state index contributed by atoms with van der Waals surface area (Å²) in [6.07, 6.45) is 7.81. The molecule has 1 aromatic heterocycles. The Balaban J connectivity index is 1.83. The van der Waals surface area contributed by atoms with Crippen LogP contribution in [0.1, 0.15) is 55.3 Å². The van der Waals surface area contributed by atoms with Gasteiger partial charge in [0.05, 0.1) is 0 Å². The predicted molar refractivity (Wildman–Crippen MR) is 77.3 cm³/mol. The van der Waals surface area contributed by atoms with Crippen molar-refractivity contribution in [3.05, 3.63) is 23.8 Å². The topological polar surface area (TPSA) is 46.1 Å². The summed E-state index contributed by atoms with van der Waals surface area (Å²) in [5, 5.41) is 0. The van der Waals surface area contributed by atoms with Crippen LogP contribution in [0, 0.1) is 18.8 Å². The Bertz CT molecular complexity index is 502. The average Bonchev–Trinajstić information content (AvgIpc) is 2.47. The van der Waals surface area contributed by atoms with Gasteiger partial charge in [-0.05, 0) is 44.1 Å². The lowest BCUT2D eigenvalue weighted by Crippen LogP contribution is -2.52. The molecule has 108 valence electrons. The van der Waals surface area contributed by atoms with Crippen molar-refractivity contribution in [2.75, 3.05) is 6.54 Å². The third-order valence-corrected chi connectivity index (χ3v) is 4.99. The molecule has 1 aliphatic heterocycles. The van der Waals surface area contributed by atoms with E-state index in [0.29, 0.717) is 23.5 Å². The first kappa shape index (κ1) is 13.5. The van der Waals surface area contributed by atoms with E-state index >= 15 is 0 Å². The summed E-state index contributed by atoms with van der Waals surface area (Å²) in [6, 6.07) is 2.17. The third kappa shape index (κ3) is 2.43. The lowest BCUT2D eigenvalue weighted by molar-refractivity contribution is 0.0213. The van der Waals surface area contributed by atoms with Crippen LogP contribution in [0.25, 0.3) is 0 Å². The normalized spacial score (nSPS) is 29.9. The molecule has 0 N–H and O–H groups in total. The molecule has 0 aromatic carbocycles. The first-order valence-corrected chi connectivity index (χ1v) is 7.77. The van der Waals surface area contributed by atoms with Crippen molar-refractivity contribution in [3.63, 3.8) is 0 Å². The smallest absolute Gasteiger partial charge is 0.272 e. The molecule has 0 spiro atoms. The Hall–Kier alpha value is -1.45. The zero-order valence-electron chi connectivity index (χ0n) is 12.4. The molecule has 0 radical (unpaired) electrons. The Morgan fingerprint density at radius 3 is 2.90 bits per heavy atom. The van der Waals surface area contributed by atoms with Crippen molar-refractivity contribution >= 4 is 5.91 Å². The highest BCUT2D eigenvalue weighted by molar-refractivity contribution is 5.92. The van der Waals surface area contributed by atoms with Crippen molar-refractivity contribution in [1.82, 2.24) is 14.9 Å². The number of carbonyl (C=O) groups excluding carboxylic acids is 1. The Labute approximate surface area is 120 Å². The van der Waals surface area contributed by atoms with Crippen molar-refractivity contribution in [2.45, 2.75) is 52.0 Å². The molecule has 2 fully saturated rings. The van der Waals surface area contributed by atoms with Gasteiger partial charge in [0.15, 0.2) is 0 Å². The summed E-state index contributed by atoms with van der Waals surface area (Å²) in [4.78, 5) is 23.2. The van der Waals surface area contributed by atoms with E-state index in [1.54, 1.807) is 12.3 Å². The molecule has 4 nitrogen and oxygen atoms in total. The van der Waals surface area contributed by atoms with Gasteiger partial charge in [-0.25, -0.2) is 9.97 Å². The highest BCUT2D eigenvalue weighted by Gasteiger charge is 2.39. The van der Waals surface area contributed by atoms with Gasteiger partial charge in [-0.2, -0.15) is 0 Å². The van der Waals surface area contributed by atoms with Gasteiger partial charge in [0.2, 0.25) is 0 Å². The van der Waals surface area contributed by atoms with Crippen molar-refractivity contribution in [1.29, 1.82) is 0 Å². The van der Waals surface area contributed by atoms with Gasteiger partial charge < -0.3 is 4.90 Å². The maximum absolute atomic E-state index is 12.7. The minimum atomic E-state index is 0.0966. The number of hydrogen-bond donors (Lipinski definition) is 0. The number of likely N-dealkylation sites (tertiary alicyclic amines) is 1. The number of aromatic nitrogens is 2. The number of fused-ring (bicyclic) bond motifs is 1. The summed E-state index contributed by atoms with van der Waals surface area (Å²) in [6.45, 7) is 5.06. The number of aryl methyl sites for hydroxylation is 1. The number of rotatable bonds is 1. The quantitative estimate of drug-likeness (QED) is 0.790. The summed E-state index contributed by atoms with van der Waals surface area (Å²) in [5.41, 5.74) is 0.552. The van der Waals surface area contributed by atoms with Gasteiger partial charge in [0.1, 0.15) is 11.5 Å². The van der Waals surface area contributed by atoms with Gasteiger partial charge in [-0.15, -0.1) is 0 Å². The van der Waals surface area contributed by atoms with Crippen molar-refractivity contribution in [3.8, 4) is 0 Å². The van der Waals surface area contributed by atoms with Crippen molar-refractivity contribution < 1.29 is 4.79 Å².